The molecule has 0 amide bonds. The quantitative estimate of drug-likeness (QED) is 0.834. The standard InChI is InChI=1S/C15H20O2/c1-3-6-11(2)9-13(16)15-10-12-7-4-5-8-14(12)17-15/h4-5,7-8,10-11,13,16H,3,6,9H2,1-2H3. The van der Waals surface area contributed by atoms with E-state index in [0.29, 0.717) is 11.7 Å². The van der Waals surface area contributed by atoms with Gasteiger partial charge in [0.05, 0.1) is 0 Å². The van der Waals surface area contributed by atoms with Crippen molar-refractivity contribution in [2.75, 3.05) is 0 Å². The zero-order chi connectivity index (χ0) is 12.3. The number of fused-ring (bicyclic) bond motifs is 1. The largest absolute Gasteiger partial charge is 0.458 e. The molecule has 0 saturated carbocycles. The van der Waals surface area contributed by atoms with E-state index in [-0.39, 0.29) is 0 Å². The summed E-state index contributed by atoms with van der Waals surface area (Å²) in [6, 6.07) is 9.81. The first-order valence-electron chi connectivity index (χ1n) is 6.37. The highest BCUT2D eigenvalue weighted by atomic mass is 16.4. The van der Waals surface area contributed by atoms with Crippen LogP contribution >= 0.6 is 0 Å². The number of benzene rings is 1. The van der Waals surface area contributed by atoms with Gasteiger partial charge in [-0.2, -0.15) is 0 Å². The lowest BCUT2D eigenvalue weighted by atomic mass is 9.97. The summed E-state index contributed by atoms with van der Waals surface area (Å²) in [7, 11) is 0. The van der Waals surface area contributed by atoms with Crippen LogP contribution in [0.5, 0.6) is 0 Å². The van der Waals surface area contributed by atoms with Crippen molar-refractivity contribution in [2.45, 2.75) is 39.2 Å². The molecule has 1 heterocycles. The molecule has 0 aliphatic heterocycles. The Hall–Kier alpha value is -1.28. The van der Waals surface area contributed by atoms with Crippen molar-refractivity contribution in [2.24, 2.45) is 5.92 Å². The first-order chi connectivity index (χ1) is 8.20. The van der Waals surface area contributed by atoms with Gasteiger partial charge in [0, 0.05) is 5.39 Å². The molecule has 0 bridgehead atoms. The smallest absolute Gasteiger partial charge is 0.134 e. The fourth-order valence-corrected chi connectivity index (χ4v) is 2.27. The van der Waals surface area contributed by atoms with E-state index in [0.717, 1.165) is 30.2 Å². The Morgan fingerprint density at radius 1 is 1.29 bits per heavy atom. The number of aliphatic hydroxyl groups is 1. The zero-order valence-electron chi connectivity index (χ0n) is 10.5. The van der Waals surface area contributed by atoms with Gasteiger partial charge in [-0.05, 0) is 24.5 Å². The van der Waals surface area contributed by atoms with Crippen molar-refractivity contribution < 1.29 is 9.52 Å². The number of para-hydroxylation sites is 1. The van der Waals surface area contributed by atoms with E-state index in [2.05, 4.69) is 13.8 Å². The second kappa shape index (κ2) is 5.37. The first kappa shape index (κ1) is 12.2. The fraction of sp³-hybridized carbons (Fsp3) is 0.467. The number of rotatable bonds is 5. The summed E-state index contributed by atoms with van der Waals surface area (Å²) in [6.45, 7) is 4.35. The van der Waals surface area contributed by atoms with E-state index in [1.54, 1.807) is 0 Å². The minimum Gasteiger partial charge on any atom is -0.458 e. The van der Waals surface area contributed by atoms with Crippen LogP contribution in [0.15, 0.2) is 34.7 Å². The molecule has 2 aromatic rings. The van der Waals surface area contributed by atoms with Gasteiger partial charge in [-0.3, -0.25) is 0 Å². The van der Waals surface area contributed by atoms with Crippen molar-refractivity contribution in [1.29, 1.82) is 0 Å². The van der Waals surface area contributed by atoms with Crippen LogP contribution in [-0.2, 0) is 0 Å². The second-order valence-corrected chi connectivity index (χ2v) is 4.83. The topological polar surface area (TPSA) is 33.4 Å². The van der Waals surface area contributed by atoms with Gasteiger partial charge in [-0.1, -0.05) is 44.9 Å². The normalized spacial score (nSPS) is 15.0. The highest BCUT2D eigenvalue weighted by molar-refractivity contribution is 5.77. The third-order valence-corrected chi connectivity index (χ3v) is 3.18. The average Bonchev–Trinajstić information content (AvgIpc) is 2.72. The first-order valence-corrected chi connectivity index (χ1v) is 6.37. The summed E-state index contributed by atoms with van der Waals surface area (Å²) in [5, 5.41) is 11.2. The lowest BCUT2D eigenvalue weighted by Crippen LogP contribution is -2.03. The molecule has 0 aliphatic rings. The van der Waals surface area contributed by atoms with Gasteiger partial charge >= 0.3 is 0 Å². The molecule has 17 heavy (non-hydrogen) atoms. The van der Waals surface area contributed by atoms with Crippen LogP contribution in [-0.4, -0.2) is 5.11 Å². The second-order valence-electron chi connectivity index (χ2n) is 4.83. The summed E-state index contributed by atoms with van der Waals surface area (Å²) in [4.78, 5) is 0. The third kappa shape index (κ3) is 2.89. The van der Waals surface area contributed by atoms with E-state index >= 15 is 0 Å². The van der Waals surface area contributed by atoms with Gasteiger partial charge < -0.3 is 9.52 Å². The molecule has 2 rings (SSSR count). The molecule has 0 spiro atoms. The minimum atomic E-state index is -0.482. The number of furan rings is 1. The van der Waals surface area contributed by atoms with Crippen LogP contribution in [0.1, 0.15) is 45.0 Å². The van der Waals surface area contributed by atoms with E-state index in [1.807, 2.05) is 30.3 Å². The summed E-state index contributed by atoms with van der Waals surface area (Å²) < 4.78 is 5.66. The Bertz CT molecular complexity index is 439. The summed E-state index contributed by atoms with van der Waals surface area (Å²) in [6.07, 6.45) is 2.60. The molecule has 2 heteroatoms. The molecule has 0 radical (unpaired) electrons. The van der Waals surface area contributed by atoms with Crippen molar-refractivity contribution in [3.8, 4) is 0 Å². The molecule has 2 atom stereocenters. The predicted octanol–water partition coefficient (Wildman–Crippen LogP) is 4.29. The Labute approximate surface area is 102 Å². The molecule has 0 saturated heterocycles. The molecule has 1 N–H and O–H groups in total. The monoisotopic (exact) mass is 232 g/mol. The zero-order valence-corrected chi connectivity index (χ0v) is 10.5. The molecule has 0 aliphatic carbocycles. The van der Waals surface area contributed by atoms with Gasteiger partial charge in [-0.25, -0.2) is 0 Å². The predicted molar refractivity (Wildman–Crippen MR) is 69.9 cm³/mol. The lowest BCUT2D eigenvalue weighted by molar-refractivity contribution is 0.123. The van der Waals surface area contributed by atoms with Gasteiger partial charge in [0.2, 0.25) is 0 Å². The van der Waals surface area contributed by atoms with E-state index in [4.69, 9.17) is 4.42 Å². The maximum absolute atomic E-state index is 10.1. The molecule has 1 aromatic carbocycles. The number of aliphatic hydroxyl groups excluding tert-OH is 1. The fourth-order valence-electron chi connectivity index (χ4n) is 2.27. The Kier molecular flexibility index (Phi) is 3.85. The van der Waals surface area contributed by atoms with E-state index in [1.165, 1.54) is 0 Å². The molecule has 2 unspecified atom stereocenters. The summed E-state index contributed by atoms with van der Waals surface area (Å²) in [5.41, 5.74) is 0.852. The Morgan fingerprint density at radius 3 is 2.76 bits per heavy atom. The van der Waals surface area contributed by atoms with E-state index in [9.17, 15) is 5.11 Å². The third-order valence-electron chi connectivity index (χ3n) is 3.18. The molecule has 2 nitrogen and oxygen atoms in total. The van der Waals surface area contributed by atoms with Gasteiger partial charge in [0.15, 0.2) is 0 Å². The van der Waals surface area contributed by atoms with Crippen LogP contribution in [0.25, 0.3) is 11.0 Å². The van der Waals surface area contributed by atoms with Gasteiger partial charge in [0.25, 0.3) is 0 Å². The van der Waals surface area contributed by atoms with Crippen LogP contribution in [0.2, 0.25) is 0 Å². The SMILES string of the molecule is CCCC(C)CC(O)c1cc2ccccc2o1. The number of hydrogen-bond acceptors (Lipinski definition) is 2. The van der Waals surface area contributed by atoms with Crippen molar-refractivity contribution >= 4 is 11.0 Å². The summed E-state index contributed by atoms with van der Waals surface area (Å²) >= 11 is 0. The van der Waals surface area contributed by atoms with Crippen molar-refractivity contribution in [3.63, 3.8) is 0 Å². The average molecular weight is 232 g/mol. The van der Waals surface area contributed by atoms with Crippen LogP contribution < -0.4 is 0 Å². The maximum atomic E-state index is 10.1. The Balaban J connectivity index is 2.10. The van der Waals surface area contributed by atoms with E-state index < -0.39 is 6.10 Å². The van der Waals surface area contributed by atoms with Crippen LogP contribution in [0.4, 0.5) is 0 Å². The Morgan fingerprint density at radius 2 is 2.06 bits per heavy atom. The molecular formula is C15H20O2. The highest BCUT2D eigenvalue weighted by Gasteiger charge is 2.16. The molecule has 0 fully saturated rings. The highest BCUT2D eigenvalue weighted by Crippen LogP contribution is 2.28. The lowest BCUT2D eigenvalue weighted by Gasteiger charge is -2.13. The summed E-state index contributed by atoms with van der Waals surface area (Å²) in [5.74, 6) is 1.22. The molecule has 92 valence electrons. The minimum absolute atomic E-state index is 0.482. The van der Waals surface area contributed by atoms with Crippen LogP contribution in [0, 0.1) is 5.92 Å². The van der Waals surface area contributed by atoms with Crippen molar-refractivity contribution in [1.82, 2.24) is 0 Å². The van der Waals surface area contributed by atoms with Gasteiger partial charge in [0.1, 0.15) is 17.4 Å². The van der Waals surface area contributed by atoms with Gasteiger partial charge in [-0.15, -0.1) is 0 Å². The molecule has 1 aromatic heterocycles. The van der Waals surface area contributed by atoms with Crippen molar-refractivity contribution in [3.05, 3.63) is 36.1 Å². The van der Waals surface area contributed by atoms with Crippen LogP contribution in [0.3, 0.4) is 0 Å². The molecular weight excluding hydrogens is 212 g/mol. The number of hydrogen-bond donors (Lipinski definition) is 1. The maximum Gasteiger partial charge on any atom is 0.134 e.